The van der Waals surface area contributed by atoms with E-state index >= 15 is 0 Å². The molecule has 2 aromatic carbocycles. The minimum absolute atomic E-state index is 0.103. The Bertz CT molecular complexity index is 1020. The number of ether oxygens (including phenoxy) is 1. The Kier molecular flexibility index (Phi) is 6.90. The topological polar surface area (TPSA) is 50.6 Å². The number of hydrogen-bond acceptors (Lipinski definition) is 5. The zero-order chi connectivity index (χ0) is 22.5. The summed E-state index contributed by atoms with van der Waals surface area (Å²) in [4.78, 5) is 17.7. The molecule has 168 valence electrons. The third-order valence-electron chi connectivity index (χ3n) is 6.34. The van der Waals surface area contributed by atoms with Gasteiger partial charge in [-0.2, -0.15) is 5.10 Å². The molecule has 1 aromatic heterocycles. The molecular weight excluding hydrogens is 400 g/mol. The van der Waals surface area contributed by atoms with Crippen molar-refractivity contribution in [1.82, 2.24) is 14.7 Å². The van der Waals surface area contributed by atoms with Crippen LogP contribution >= 0.6 is 0 Å². The average Bonchev–Trinajstić information content (AvgIpc) is 3.34. The molecule has 0 saturated carbocycles. The van der Waals surface area contributed by atoms with Gasteiger partial charge in [-0.05, 0) is 49.6 Å². The zero-order valence-corrected chi connectivity index (χ0v) is 19.2. The monoisotopic (exact) mass is 432 g/mol. The van der Waals surface area contributed by atoms with Crippen molar-refractivity contribution >= 4 is 11.5 Å². The lowest BCUT2D eigenvalue weighted by atomic mass is 9.88. The molecule has 0 bridgehead atoms. The largest absolute Gasteiger partial charge is 0.497 e. The normalized spacial score (nSPS) is 15.0. The van der Waals surface area contributed by atoms with Gasteiger partial charge in [0.25, 0.3) is 0 Å². The van der Waals surface area contributed by atoms with Crippen LogP contribution in [0.15, 0.2) is 60.9 Å². The second-order valence-corrected chi connectivity index (χ2v) is 8.46. The Balaban J connectivity index is 1.30. The van der Waals surface area contributed by atoms with Crippen molar-refractivity contribution in [2.75, 3.05) is 38.8 Å². The summed E-state index contributed by atoms with van der Waals surface area (Å²) in [6.45, 7) is 5.65. The molecule has 1 aliphatic rings. The highest BCUT2D eigenvalue weighted by Gasteiger charge is 2.26. The van der Waals surface area contributed by atoms with Gasteiger partial charge in [0.05, 0.1) is 20.0 Å². The highest BCUT2D eigenvalue weighted by Crippen LogP contribution is 2.25. The highest BCUT2D eigenvalue weighted by atomic mass is 16.5. The maximum atomic E-state index is 13.1. The smallest absolute Gasteiger partial charge is 0.166 e. The van der Waals surface area contributed by atoms with Gasteiger partial charge in [0.15, 0.2) is 5.78 Å². The van der Waals surface area contributed by atoms with Crippen molar-refractivity contribution in [2.24, 2.45) is 5.92 Å². The zero-order valence-electron chi connectivity index (χ0n) is 19.2. The molecule has 0 amide bonds. The van der Waals surface area contributed by atoms with Crippen molar-refractivity contribution in [1.29, 1.82) is 0 Å². The summed E-state index contributed by atoms with van der Waals surface area (Å²) in [5.41, 5.74) is 4.15. The maximum Gasteiger partial charge on any atom is 0.166 e. The molecule has 0 atom stereocenters. The van der Waals surface area contributed by atoms with Crippen LogP contribution in [0.1, 0.15) is 30.1 Å². The number of methoxy groups -OCH3 is 1. The van der Waals surface area contributed by atoms with Crippen LogP contribution in [0.4, 0.5) is 5.69 Å². The molecular formula is C26H32N4O2. The van der Waals surface area contributed by atoms with Crippen LogP contribution < -0.4 is 9.64 Å². The summed E-state index contributed by atoms with van der Waals surface area (Å²) >= 11 is 0. The van der Waals surface area contributed by atoms with Crippen LogP contribution in [0, 0.1) is 5.92 Å². The fourth-order valence-electron chi connectivity index (χ4n) is 4.30. The average molecular weight is 433 g/mol. The maximum absolute atomic E-state index is 13.1. The van der Waals surface area contributed by atoms with Crippen LogP contribution in [0.5, 0.6) is 5.75 Å². The summed E-state index contributed by atoms with van der Waals surface area (Å²) in [6.07, 6.45) is 5.72. The molecule has 0 N–H and O–H groups in total. The van der Waals surface area contributed by atoms with E-state index in [0.29, 0.717) is 0 Å². The second-order valence-electron chi connectivity index (χ2n) is 8.46. The first-order chi connectivity index (χ1) is 15.6. The molecule has 2 heterocycles. The van der Waals surface area contributed by atoms with E-state index in [1.54, 1.807) is 7.11 Å². The van der Waals surface area contributed by atoms with Crippen LogP contribution in [0.25, 0.3) is 11.1 Å². The van der Waals surface area contributed by atoms with Gasteiger partial charge in [-0.1, -0.05) is 24.3 Å². The summed E-state index contributed by atoms with van der Waals surface area (Å²) in [5, 5.41) is 4.33. The number of carbonyl (C=O) groups excluding carboxylic acids is 1. The molecule has 3 aromatic rings. The number of benzene rings is 2. The third kappa shape index (κ3) is 5.02. The first-order valence-corrected chi connectivity index (χ1v) is 11.3. The van der Waals surface area contributed by atoms with Gasteiger partial charge in [-0.15, -0.1) is 0 Å². The fraction of sp³-hybridized carbons (Fsp3) is 0.385. The minimum atomic E-state index is 0.103. The number of Topliss-reactive ketones (excluding diaryl/α,β-unsaturated/α-hetero) is 1. The molecule has 1 aliphatic heterocycles. The van der Waals surface area contributed by atoms with E-state index in [9.17, 15) is 4.79 Å². The van der Waals surface area contributed by atoms with E-state index in [1.165, 1.54) is 0 Å². The Hall–Kier alpha value is -3.12. The molecule has 0 aliphatic carbocycles. The summed E-state index contributed by atoms with van der Waals surface area (Å²) in [6, 6.07) is 16.1. The van der Waals surface area contributed by atoms with E-state index in [4.69, 9.17) is 4.74 Å². The van der Waals surface area contributed by atoms with Crippen molar-refractivity contribution in [3.05, 3.63) is 66.5 Å². The van der Waals surface area contributed by atoms with Crippen LogP contribution in [0.2, 0.25) is 0 Å². The van der Waals surface area contributed by atoms with Crippen molar-refractivity contribution in [3.63, 3.8) is 0 Å². The molecule has 6 heteroatoms. The second kappa shape index (κ2) is 10.0. The molecule has 0 unspecified atom stereocenters. The SMILES string of the molecule is CCn1cc(-c2ccc(C(=O)C3CCN(CN(C)c4ccc(OC)cc4)CC3)cc2)cn1. The van der Waals surface area contributed by atoms with E-state index in [-0.39, 0.29) is 11.7 Å². The number of ketones is 1. The van der Waals surface area contributed by atoms with Crippen molar-refractivity contribution in [2.45, 2.75) is 26.3 Å². The minimum Gasteiger partial charge on any atom is -0.497 e. The number of aromatic nitrogens is 2. The standard InChI is InChI=1S/C26H32N4O2/c1-4-30-18-23(17-27-30)20-5-7-21(8-6-20)26(31)22-13-15-29(16-14-22)19-28(2)24-9-11-25(32-3)12-10-24/h5-12,17-18,22H,4,13-16,19H2,1-3H3. The molecule has 6 nitrogen and oxygen atoms in total. The lowest BCUT2D eigenvalue weighted by Gasteiger charge is -2.34. The first-order valence-electron chi connectivity index (χ1n) is 11.3. The number of hydrogen-bond donors (Lipinski definition) is 0. The number of anilines is 1. The lowest BCUT2D eigenvalue weighted by molar-refractivity contribution is 0.0841. The quantitative estimate of drug-likeness (QED) is 0.488. The fourth-order valence-corrected chi connectivity index (χ4v) is 4.30. The number of carbonyl (C=O) groups is 1. The lowest BCUT2D eigenvalue weighted by Crippen LogP contribution is -2.42. The summed E-state index contributed by atoms with van der Waals surface area (Å²) in [7, 11) is 3.78. The molecule has 0 radical (unpaired) electrons. The molecule has 1 fully saturated rings. The van der Waals surface area contributed by atoms with E-state index in [2.05, 4.69) is 41.0 Å². The van der Waals surface area contributed by atoms with Gasteiger partial charge < -0.3 is 9.64 Å². The molecule has 4 rings (SSSR count). The van der Waals surface area contributed by atoms with Gasteiger partial charge in [0.1, 0.15) is 5.75 Å². The van der Waals surface area contributed by atoms with E-state index in [1.807, 2.05) is 53.5 Å². The van der Waals surface area contributed by atoms with Crippen molar-refractivity contribution in [3.8, 4) is 16.9 Å². The number of likely N-dealkylation sites (tertiary alicyclic amines) is 1. The Labute approximate surface area is 190 Å². The van der Waals surface area contributed by atoms with E-state index in [0.717, 1.165) is 67.3 Å². The van der Waals surface area contributed by atoms with E-state index < -0.39 is 0 Å². The van der Waals surface area contributed by atoms with Crippen LogP contribution in [0.3, 0.4) is 0 Å². The molecule has 0 spiro atoms. The highest BCUT2D eigenvalue weighted by molar-refractivity contribution is 5.98. The van der Waals surface area contributed by atoms with Crippen molar-refractivity contribution < 1.29 is 9.53 Å². The number of rotatable bonds is 8. The van der Waals surface area contributed by atoms with Gasteiger partial charge in [-0.25, -0.2) is 0 Å². The molecule has 1 saturated heterocycles. The predicted molar refractivity (Wildman–Crippen MR) is 128 cm³/mol. The van der Waals surface area contributed by atoms with Crippen LogP contribution in [-0.2, 0) is 6.54 Å². The summed E-state index contributed by atoms with van der Waals surface area (Å²) < 4.78 is 7.15. The predicted octanol–water partition coefficient (Wildman–Crippen LogP) is 4.57. The molecule has 32 heavy (non-hydrogen) atoms. The van der Waals surface area contributed by atoms with Gasteiger partial charge >= 0.3 is 0 Å². The summed E-state index contributed by atoms with van der Waals surface area (Å²) in [5.74, 6) is 1.24. The Morgan fingerprint density at radius 3 is 2.34 bits per heavy atom. The number of piperidine rings is 1. The number of nitrogens with zero attached hydrogens (tertiary/aromatic N) is 4. The van der Waals surface area contributed by atoms with Gasteiger partial charge in [0, 0.05) is 55.6 Å². The van der Waals surface area contributed by atoms with Crippen LogP contribution in [-0.4, -0.2) is 54.4 Å². The first kappa shape index (κ1) is 22.1. The van der Waals surface area contributed by atoms with Gasteiger partial charge in [0.2, 0.25) is 0 Å². The Morgan fingerprint density at radius 2 is 1.75 bits per heavy atom. The van der Waals surface area contributed by atoms with Gasteiger partial charge in [-0.3, -0.25) is 14.4 Å². The number of aryl methyl sites for hydroxylation is 1. The Morgan fingerprint density at radius 1 is 1.06 bits per heavy atom. The third-order valence-corrected chi connectivity index (χ3v) is 6.34.